The van der Waals surface area contributed by atoms with Gasteiger partial charge in [-0.05, 0) is 49.1 Å². The maximum absolute atomic E-state index is 12.8. The van der Waals surface area contributed by atoms with Gasteiger partial charge in [0.2, 0.25) is 0 Å². The molecule has 0 radical (unpaired) electrons. The third kappa shape index (κ3) is 5.26. The highest BCUT2D eigenvalue weighted by Gasteiger charge is 2.16. The highest BCUT2D eigenvalue weighted by Crippen LogP contribution is 2.30. The molecule has 0 aliphatic rings. The van der Waals surface area contributed by atoms with E-state index in [0.717, 1.165) is 16.7 Å². The minimum atomic E-state index is 0.0432. The second kappa shape index (κ2) is 10.4. The standard InChI is InChI=1S/C24H28O4/c1-6-14-27-20-11-9-19(23(16-20)28-15-7-2)10-13-22(25)21-12-8-17(3)18(4)24(21)26-5/h6-9,11-12,16H,1-2,10,13-15H2,3-5H3. The summed E-state index contributed by atoms with van der Waals surface area (Å²) >= 11 is 0. The van der Waals surface area contributed by atoms with E-state index in [-0.39, 0.29) is 5.78 Å². The molecule has 148 valence electrons. The number of hydrogen-bond acceptors (Lipinski definition) is 4. The summed E-state index contributed by atoms with van der Waals surface area (Å²) in [5, 5.41) is 0. The highest BCUT2D eigenvalue weighted by atomic mass is 16.5. The van der Waals surface area contributed by atoms with Gasteiger partial charge < -0.3 is 14.2 Å². The van der Waals surface area contributed by atoms with Gasteiger partial charge in [0.15, 0.2) is 5.78 Å². The van der Waals surface area contributed by atoms with Crippen molar-refractivity contribution in [1.82, 2.24) is 0 Å². The second-order valence-electron chi connectivity index (χ2n) is 6.48. The summed E-state index contributed by atoms with van der Waals surface area (Å²) in [6.07, 6.45) is 4.29. The first-order chi connectivity index (χ1) is 13.5. The minimum Gasteiger partial charge on any atom is -0.496 e. The Balaban J connectivity index is 2.18. The van der Waals surface area contributed by atoms with E-state index < -0.39 is 0 Å². The molecule has 0 aromatic heterocycles. The zero-order valence-electron chi connectivity index (χ0n) is 16.9. The van der Waals surface area contributed by atoms with Crippen molar-refractivity contribution in [2.75, 3.05) is 20.3 Å². The summed E-state index contributed by atoms with van der Waals surface area (Å²) < 4.78 is 16.8. The van der Waals surface area contributed by atoms with Crippen molar-refractivity contribution in [3.05, 3.63) is 77.9 Å². The summed E-state index contributed by atoms with van der Waals surface area (Å²) in [4.78, 5) is 12.8. The van der Waals surface area contributed by atoms with E-state index in [9.17, 15) is 4.79 Å². The van der Waals surface area contributed by atoms with Crippen molar-refractivity contribution in [1.29, 1.82) is 0 Å². The van der Waals surface area contributed by atoms with E-state index in [1.54, 1.807) is 19.3 Å². The quantitative estimate of drug-likeness (QED) is 0.394. The van der Waals surface area contributed by atoms with Crippen LogP contribution in [0.3, 0.4) is 0 Å². The lowest BCUT2D eigenvalue weighted by Gasteiger charge is -2.14. The van der Waals surface area contributed by atoms with E-state index in [0.29, 0.717) is 48.9 Å². The molecule has 0 amide bonds. The molecule has 0 bridgehead atoms. The number of benzene rings is 2. The molecule has 0 heterocycles. The zero-order valence-corrected chi connectivity index (χ0v) is 16.9. The Hall–Kier alpha value is -3.01. The van der Waals surface area contributed by atoms with E-state index in [1.807, 2.05) is 44.2 Å². The minimum absolute atomic E-state index is 0.0432. The summed E-state index contributed by atoms with van der Waals surface area (Å²) in [5.41, 5.74) is 3.66. The lowest BCUT2D eigenvalue weighted by molar-refractivity contribution is 0.0979. The number of aryl methyl sites for hydroxylation is 2. The van der Waals surface area contributed by atoms with Crippen LogP contribution in [-0.2, 0) is 6.42 Å². The predicted molar refractivity (Wildman–Crippen MR) is 113 cm³/mol. The topological polar surface area (TPSA) is 44.8 Å². The van der Waals surface area contributed by atoms with Crippen LogP contribution in [0.2, 0.25) is 0 Å². The first kappa shape index (κ1) is 21.3. The molecule has 0 aliphatic heterocycles. The zero-order chi connectivity index (χ0) is 20.5. The van der Waals surface area contributed by atoms with Crippen LogP contribution in [0.15, 0.2) is 55.6 Å². The normalized spacial score (nSPS) is 10.2. The van der Waals surface area contributed by atoms with Gasteiger partial charge in [-0.15, -0.1) is 0 Å². The fourth-order valence-electron chi connectivity index (χ4n) is 2.93. The van der Waals surface area contributed by atoms with Crippen LogP contribution in [0.1, 0.15) is 33.5 Å². The van der Waals surface area contributed by atoms with Crippen LogP contribution in [0.4, 0.5) is 0 Å². The SMILES string of the molecule is C=CCOc1ccc(CCC(=O)c2ccc(C)c(C)c2OC)c(OCC=C)c1. The molecule has 0 atom stereocenters. The summed E-state index contributed by atoms with van der Waals surface area (Å²) in [6, 6.07) is 9.44. The Bertz CT molecular complexity index is 852. The highest BCUT2D eigenvalue weighted by molar-refractivity contribution is 5.99. The Morgan fingerprint density at radius 2 is 1.75 bits per heavy atom. The fourth-order valence-corrected chi connectivity index (χ4v) is 2.93. The maximum atomic E-state index is 12.8. The molecule has 0 fully saturated rings. The average Bonchev–Trinajstić information content (AvgIpc) is 2.71. The van der Waals surface area contributed by atoms with E-state index in [1.165, 1.54) is 0 Å². The van der Waals surface area contributed by atoms with Crippen molar-refractivity contribution >= 4 is 5.78 Å². The lowest BCUT2D eigenvalue weighted by atomic mass is 9.97. The Labute approximate surface area is 167 Å². The van der Waals surface area contributed by atoms with Crippen molar-refractivity contribution in [2.24, 2.45) is 0 Å². The third-order valence-corrected chi connectivity index (χ3v) is 4.57. The molecular weight excluding hydrogens is 352 g/mol. The maximum Gasteiger partial charge on any atom is 0.166 e. The van der Waals surface area contributed by atoms with Gasteiger partial charge in [0.25, 0.3) is 0 Å². The van der Waals surface area contributed by atoms with Crippen molar-refractivity contribution in [2.45, 2.75) is 26.7 Å². The molecule has 2 aromatic rings. The van der Waals surface area contributed by atoms with Gasteiger partial charge in [-0.25, -0.2) is 0 Å². The first-order valence-corrected chi connectivity index (χ1v) is 9.29. The number of hydrogen-bond donors (Lipinski definition) is 0. The Kier molecular flexibility index (Phi) is 7.88. The molecular formula is C24H28O4. The smallest absolute Gasteiger partial charge is 0.166 e. The fraction of sp³-hybridized carbons (Fsp3) is 0.292. The van der Waals surface area contributed by atoms with Crippen molar-refractivity contribution < 1.29 is 19.0 Å². The first-order valence-electron chi connectivity index (χ1n) is 9.29. The number of carbonyl (C=O) groups is 1. The Morgan fingerprint density at radius 3 is 2.43 bits per heavy atom. The molecule has 0 N–H and O–H groups in total. The largest absolute Gasteiger partial charge is 0.496 e. The Morgan fingerprint density at radius 1 is 1.04 bits per heavy atom. The molecule has 4 nitrogen and oxygen atoms in total. The van der Waals surface area contributed by atoms with Crippen molar-refractivity contribution in [3.63, 3.8) is 0 Å². The molecule has 0 spiro atoms. The molecule has 2 rings (SSSR count). The van der Waals surface area contributed by atoms with Gasteiger partial charge in [-0.2, -0.15) is 0 Å². The van der Waals surface area contributed by atoms with Crippen LogP contribution in [0, 0.1) is 13.8 Å². The molecule has 0 aliphatic carbocycles. The van der Waals surface area contributed by atoms with Gasteiger partial charge in [0, 0.05) is 12.5 Å². The predicted octanol–water partition coefficient (Wildman–Crippen LogP) is 5.26. The average molecular weight is 380 g/mol. The molecule has 0 unspecified atom stereocenters. The molecule has 0 saturated carbocycles. The number of ketones is 1. The van der Waals surface area contributed by atoms with Crippen LogP contribution in [0.5, 0.6) is 17.2 Å². The van der Waals surface area contributed by atoms with Gasteiger partial charge in [-0.1, -0.05) is 37.4 Å². The number of methoxy groups -OCH3 is 1. The monoisotopic (exact) mass is 380 g/mol. The van der Waals surface area contributed by atoms with Gasteiger partial charge in [-0.3, -0.25) is 4.79 Å². The van der Waals surface area contributed by atoms with Crippen LogP contribution in [0.25, 0.3) is 0 Å². The van der Waals surface area contributed by atoms with E-state index >= 15 is 0 Å². The van der Waals surface area contributed by atoms with E-state index in [2.05, 4.69) is 13.2 Å². The summed E-state index contributed by atoms with van der Waals surface area (Å²) in [5.74, 6) is 2.09. The second-order valence-corrected chi connectivity index (χ2v) is 6.48. The lowest BCUT2D eigenvalue weighted by Crippen LogP contribution is -2.07. The number of ether oxygens (including phenoxy) is 3. The molecule has 2 aromatic carbocycles. The molecule has 28 heavy (non-hydrogen) atoms. The van der Waals surface area contributed by atoms with Gasteiger partial charge >= 0.3 is 0 Å². The number of rotatable bonds is 11. The van der Waals surface area contributed by atoms with Crippen molar-refractivity contribution in [3.8, 4) is 17.2 Å². The van der Waals surface area contributed by atoms with Crippen LogP contribution >= 0.6 is 0 Å². The molecule has 4 heteroatoms. The van der Waals surface area contributed by atoms with Crippen LogP contribution < -0.4 is 14.2 Å². The van der Waals surface area contributed by atoms with E-state index in [4.69, 9.17) is 14.2 Å². The summed E-state index contributed by atoms with van der Waals surface area (Å²) in [7, 11) is 1.60. The van der Waals surface area contributed by atoms with Gasteiger partial charge in [0.05, 0.1) is 12.7 Å². The van der Waals surface area contributed by atoms with Crippen LogP contribution in [-0.4, -0.2) is 26.1 Å². The summed E-state index contributed by atoms with van der Waals surface area (Å²) in [6.45, 7) is 12.1. The molecule has 0 saturated heterocycles. The van der Waals surface area contributed by atoms with Gasteiger partial charge in [0.1, 0.15) is 30.5 Å². The third-order valence-electron chi connectivity index (χ3n) is 4.57. The number of carbonyl (C=O) groups excluding carboxylic acids is 1. The number of Topliss-reactive ketones (excluding diaryl/α,β-unsaturated/α-hetero) is 1.